The number of aliphatic hydroxyl groups is 1. The van der Waals surface area contributed by atoms with Gasteiger partial charge in [-0.3, -0.25) is 0 Å². The monoisotopic (exact) mass is 382 g/mol. The van der Waals surface area contributed by atoms with Gasteiger partial charge in [-0.2, -0.15) is 13.2 Å². The highest BCUT2D eigenvalue weighted by Crippen LogP contribution is 2.36. The fourth-order valence-corrected chi connectivity index (χ4v) is 3.24. The number of aryl methyl sites for hydroxylation is 1. The maximum atomic E-state index is 12.7. The van der Waals surface area contributed by atoms with Crippen molar-refractivity contribution in [2.24, 2.45) is 0 Å². The van der Waals surface area contributed by atoms with Crippen LogP contribution in [0.1, 0.15) is 43.4 Å². The van der Waals surface area contributed by atoms with Crippen molar-refractivity contribution in [3.8, 4) is 17.0 Å². The average molecular weight is 382 g/mol. The molecule has 1 heterocycles. The number of nitrogens with zero attached hydrogens (tertiary/aromatic N) is 3. The lowest BCUT2D eigenvalue weighted by atomic mass is 10.1. The molecular formula is C18H21F3N4O2. The van der Waals surface area contributed by atoms with Crippen molar-refractivity contribution < 1.29 is 23.4 Å². The van der Waals surface area contributed by atoms with Crippen LogP contribution in [0.25, 0.3) is 11.3 Å². The second kappa shape index (κ2) is 7.67. The summed E-state index contributed by atoms with van der Waals surface area (Å²) in [5.74, 6) is -0.294. The molecule has 3 rings (SSSR count). The van der Waals surface area contributed by atoms with E-state index >= 15 is 0 Å². The van der Waals surface area contributed by atoms with Crippen LogP contribution < -0.4 is 5.32 Å². The zero-order valence-corrected chi connectivity index (χ0v) is 14.8. The molecule has 2 aromatic rings. The van der Waals surface area contributed by atoms with Crippen molar-refractivity contribution in [1.29, 1.82) is 0 Å². The molecule has 0 unspecified atom stereocenters. The van der Waals surface area contributed by atoms with Crippen molar-refractivity contribution in [3.05, 3.63) is 29.5 Å². The molecular weight excluding hydrogens is 361 g/mol. The van der Waals surface area contributed by atoms with Crippen LogP contribution in [0.5, 0.6) is 5.75 Å². The first-order valence-electron chi connectivity index (χ1n) is 8.82. The third-order valence-corrected chi connectivity index (χ3v) is 4.74. The molecule has 1 fully saturated rings. The molecule has 1 aromatic heterocycles. The van der Waals surface area contributed by atoms with Gasteiger partial charge in [0.2, 0.25) is 5.95 Å². The Morgan fingerprint density at radius 2 is 1.85 bits per heavy atom. The Bertz CT molecular complexity index is 814. The molecule has 146 valence electrons. The number of aromatic nitrogens is 3. The minimum atomic E-state index is -4.54. The van der Waals surface area contributed by atoms with E-state index in [2.05, 4.69) is 20.5 Å². The Morgan fingerprint density at radius 1 is 1.11 bits per heavy atom. The lowest BCUT2D eigenvalue weighted by Crippen LogP contribution is -2.33. The number of nitrogens with one attached hydrogen (secondary N) is 1. The van der Waals surface area contributed by atoms with Crippen molar-refractivity contribution in [2.75, 3.05) is 5.32 Å². The highest BCUT2D eigenvalue weighted by atomic mass is 19.4. The molecule has 0 bridgehead atoms. The quantitative estimate of drug-likeness (QED) is 0.702. The number of phenolic OH excluding ortho intramolecular Hbond substituents is 1. The summed E-state index contributed by atoms with van der Waals surface area (Å²) in [7, 11) is 0. The number of aliphatic hydroxyl groups excluding tert-OH is 1. The SMILES string of the molecule is Cc1nc(N[C@@H]2CCCCC[C@H]2O)nnc1-c1ccc(C(F)(F)F)cc1O. The van der Waals surface area contributed by atoms with E-state index in [4.69, 9.17) is 0 Å². The fraction of sp³-hybridized carbons (Fsp3) is 0.500. The maximum Gasteiger partial charge on any atom is 0.416 e. The van der Waals surface area contributed by atoms with E-state index in [0.29, 0.717) is 18.2 Å². The maximum absolute atomic E-state index is 12.7. The zero-order chi connectivity index (χ0) is 19.6. The minimum absolute atomic E-state index is 0.126. The number of alkyl halides is 3. The third-order valence-electron chi connectivity index (χ3n) is 4.74. The second-order valence-electron chi connectivity index (χ2n) is 6.76. The summed E-state index contributed by atoms with van der Waals surface area (Å²) in [5, 5.41) is 31.2. The largest absolute Gasteiger partial charge is 0.507 e. The number of rotatable bonds is 3. The van der Waals surface area contributed by atoms with Crippen LogP contribution >= 0.6 is 0 Å². The van der Waals surface area contributed by atoms with E-state index in [1.54, 1.807) is 6.92 Å². The van der Waals surface area contributed by atoms with Gasteiger partial charge in [-0.15, -0.1) is 10.2 Å². The van der Waals surface area contributed by atoms with E-state index in [1.165, 1.54) is 0 Å². The van der Waals surface area contributed by atoms with Crippen LogP contribution in [0.2, 0.25) is 0 Å². The molecule has 0 aliphatic heterocycles. The van der Waals surface area contributed by atoms with Gasteiger partial charge in [0.05, 0.1) is 23.4 Å². The summed E-state index contributed by atoms with van der Waals surface area (Å²) in [4.78, 5) is 4.29. The van der Waals surface area contributed by atoms with E-state index in [-0.39, 0.29) is 23.2 Å². The van der Waals surface area contributed by atoms with Gasteiger partial charge in [-0.05, 0) is 38.0 Å². The number of halogens is 3. The number of hydrogen-bond acceptors (Lipinski definition) is 6. The van der Waals surface area contributed by atoms with Crippen molar-refractivity contribution in [1.82, 2.24) is 15.2 Å². The van der Waals surface area contributed by atoms with Gasteiger partial charge < -0.3 is 15.5 Å². The molecule has 6 nitrogen and oxygen atoms in total. The molecule has 0 spiro atoms. The summed E-state index contributed by atoms with van der Waals surface area (Å²) >= 11 is 0. The lowest BCUT2D eigenvalue weighted by molar-refractivity contribution is -0.137. The molecule has 0 saturated heterocycles. The van der Waals surface area contributed by atoms with Crippen LogP contribution in [0, 0.1) is 6.92 Å². The van der Waals surface area contributed by atoms with E-state index in [9.17, 15) is 23.4 Å². The third kappa shape index (κ3) is 4.47. The number of anilines is 1. The smallest absolute Gasteiger partial charge is 0.416 e. The van der Waals surface area contributed by atoms with Gasteiger partial charge in [0, 0.05) is 5.56 Å². The first-order chi connectivity index (χ1) is 12.8. The second-order valence-corrected chi connectivity index (χ2v) is 6.76. The van der Waals surface area contributed by atoms with Crippen LogP contribution in [-0.2, 0) is 6.18 Å². The topological polar surface area (TPSA) is 91.2 Å². The summed E-state index contributed by atoms with van der Waals surface area (Å²) in [5.41, 5.74) is -0.205. The van der Waals surface area contributed by atoms with E-state index in [0.717, 1.165) is 37.8 Å². The first kappa shape index (κ1) is 19.3. The van der Waals surface area contributed by atoms with Gasteiger partial charge in [0.1, 0.15) is 11.4 Å². The van der Waals surface area contributed by atoms with Crippen LogP contribution in [0.3, 0.4) is 0 Å². The number of hydrogen-bond donors (Lipinski definition) is 3. The molecule has 0 radical (unpaired) electrons. The van der Waals surface area contributed by atoms with Crippen LogP contribution in [-0.4, -0.2) is 37.5 Å². The number of benzene rings is 1. The predicted octanol–water partition coefficient (Wildman–Crippen LogP) is 3.68. The molecule has 0 amide bonds. The molecule has 1 aliphatic carbocycles. The van der Waals surface area contributed by atoms with Gasteiger partial charge in [0.25, 0.3) is 0 Å². The number of aromatic hydroxyl groups is 1. The van der Waals surface area contributed by atoms with Crippen molar-refractivity contribution in [2.45, 2.75) is 57.3 Å². The van der Waals surface area contributed by atoms with E-state index < -0.39 is 23.6 Å². The predicted molar refractivity (Wildman–Crippen MR) is 93.2 cm³/mol. The molecule has 27 heavy (non-hydrogen) atoms. The Morgan fingerprint density at radius 3 is 2.52 bits per heavy atom. The Kier molecular flexibility index (Phi) is 5.50. The zero-order valence-electron chi connectivity index (χ0n) is 14.8. The fourth-order valence-electron chi connectivity index (χ4n) is 3.24. The van der Waals surface area contributed by atoms with Crippen molar-refractivity contribution in [3.63, 3.8) is 0 Å². The van der Waals surface area contributed by atoms with Gasteiger partial charge in [0.15, 0.2) is 0 Å². The van der Waals surface area contributed by atoms with Crippen LogP contribution in [0.4, 0.5) is 19.1 Å². The molecule has 1 saturated carbocycles. The normalized spacial score (nSPS) is 20.9. The van der Waals surface area contributed by atoms with Gasteiger partial charge in [-0.25, -0.2) is 4.98 Å². The summed E-state index contributed by atoms with van der Waals surface area (Å²) < 4.78 is 38.2. The Hall–Kier alpha value is -2.42. The Balaban J connectivity index is 1.83. The Labute approximate surface area is 154 Å². The van der Waals surface area contributed by atoms with Crippen LogP contribution in [0.15, 0.2) is 18.2 Å². The molecule has 9 heteroatoms. The standard InChI is InChI=1S/C18H21F3N4O2/c1-10-16(12-8-7-11(9-15(12)27)18(19,20)21)24-25-17(22-10)23-13-5-3-2-4-6-14(13)26/h7-9,13-14,26-27H,2-6H2,1H3,(H,22,23,25)/t13-,14-/m1/s1. The van der Waals surface area contributed by atoms with E-state index in [1.807, 2.05) is 0 Å². The summed E-state index contributed by atoms with van der Waals surface area (Å²) in [6.07, 6.45) is -0.480. The van der Waals surface area contributed by atoms with Crippen molar-refractivity contribution >= 4 is 5.95 Å². The highest BCUT2D eigenvalue weighted by Gasteiger charge is 2.31. The lowest BCUT2D eigenvalue weighted by Gasteiger charge is -2.21. The molecule has 1 aromatic carbocycles. The number of phenols is 1. The first-order valence-corrected chi connectivity index (χ1v) is 8.82. The minimum Gasteiger partial charge on any atom is -0.507 e. The average Bonchev–Trinajstić information content (AvgIpc) is 2.79. The summed E-state index contributed by atoms with van der Waals surface area (Å²) in [6.45, 7) is 1.63. The molecule has 2 atom stereocenters. The van der Waals surface area contributed by atoms with Gasteiger partial charge in [-0.1, -0.05) is 19.3 Å². The summed E-state index contributed by atoms with van der Waals surface area (Å²) in [6, 6.07) is 2.52. The van der Waals surface area contributed by atoms with Gasteiger partial charge >= 0.3 is 6.18 Å². The molecule has 1 aliphatic rings. The highest BCUT2D eigenvalue weighted by molar-refractivity contribution is 5.69. The molecule has 3 N–H and O–H groups in total.